The molecule has 0 fully saturated rings. The van der Waals surface area contributed by atoms with E-state index in [0.717, 1.165) is 60.5 Å². The van der Waals surface area contributed by atoms with Gasteiger partial charge in [0, 0.05) is 47.0 Å². The van der Waals surface area contributed by atoms with E-state index in [2.05, 4.69) is 148 Å². The number of rotatable bonds is 8. The summed E-state index contributed by atoms with van der Waals surface area (Å²) < 4.78 is 65.6. The fourth-order valence-electron chi connectivity index (χ4n) is 9.72. The van der Waals surface area contributed by atoms with Crippen molar-refractivity contribution in [1.29, 1.82) is 0 Å². The van der Waals surface area contributed by atoms with Gasteiger partial charge < -0.3 is 14.0 Å². The maximum Gasteiger partial charge on any atom is 0.121 e. The van der Waals surface area contributed by atoms with Crippen LogP contribution in [0.3, 0.4) is 0 Å². The van der Waals surface area contributed by atoms with Gasteiger partial charge in [0.25, 0.3) is 0 Å². The van der Waals surface area contributed by atoms with Crippen LogP contribution in [-0.2, 0) is 20.1 Å². The first-order valence-corrected chi connectivity index (χ1v) is 27.4. The minimum atomic E-state index is -2.38. The Bertz CT molecular complexity index is 3970. The molecule has 0 atom stereocenters. The number of aryl methyl sites for hydroxylation is 2. The summed E-state index contributed by atoms with van der Waals surface area (Å²) in [5, 5.41) is 6.85. The zero-order valence-corrected chi connectivity index (χ0v) is 44.6. The Morgan fingerprint density at radius 1 is 0.657 bits per heavy atom. The molecule has 0 aliphatic carbocycles. The second-order valence-corrected chi connectivity index (χ2v) is 25.1. The van der Waals surface area contributed by atoms with E-state index in [0.29, 0.717) is 27.9 Å². The molecule has 1 radical (unpaired) electrons. The third-order valence-electron chi connectivity index (χ3n) is 13.3. The maximum atomic E-state index is 8.57. The van der Waals surface area contributed by atoms with Crippen LogP contribution in [0.2, 0.25) is 19.6 Å². The van der Waals surface area contributed by atoms with Crippen molar-refractivity contribution in [1.82, 2.24) is 14.5 Å². The molecule has 0 aliphatic rings. The third kappa shape index (κ3) is 8.98. The molecule has 0 aliphatic heterocycles. The van der Waals surface area contributed by atoms with Crippen molar-refractivity contribution in [3.8, 4) is 39.5 Å². The van der Waals surface area contributed by atoms with E-state index in [1.165, 1.54) is 33.5 Å². The number of fused-ring (bicyclic) bond motifs is 7. The van der Waals surface area contributed by atoms with Crippen molar-refractivity contribution in [3.05, 3.63) is 192 Å². The number of para-hydroxylation sites is 2. The SMILES string of the molecule is [2H]C([2H])([2H])c1c[c-]c(-c2cc(C([2H])(C)C)c([Si](C)(C)C)cn2)cc1.[2H]C([2H])([2H])c1c[c-]c(-c2nc3ccccc3n2-c2c(C(C)C)cc(-c3ccccc3)cc2C(C)C)c2oc3cc4c(ccc5ccccc54)cc3c12.[Ir]. The van der Waals surface area contributed by atoms with E-state index in [-0.39, 0.29) is 43.1 Å². The van der Waals surface area contributed by atoms with Gasteiger partial charge in [0.1, 0.15) is 5.58 Å². The molecule has 353 valence electrons. The Hall–Kier alpha value is -6.43. The van der Waals surface area contributed by atoms with Gasteiger partial charge >= 0.3 is 0 Å². The molecule has 6 heteroatoms. The molecular weight excluding hydrogens is 1050 g/mol. The fraction of sp³-hybridized carbons (Fsp3) is 0.219. The summed E-state index contributed by atoms with van der Waals surface area (Å²) in [6.07, 6.45) is 1.89. The summed E-state index contributed by atoms with van der Waals surface area (Å²) >= 11 is 0. The standard InChI is InChI=1S/C46H37N2O.C18H24NSi.Ir/c1-27(2)36-24-33(30-13-7-6-8-14-30)25-37(28(3)4)44(36)48-41-18-12-11-17-40(41)47-46(48)35-22-19-29(5)43-39-23-32-21-20-31-15-9-10-16-34(31)38(32)26-42(39)49-45(35)43;1-13(2)16-11-17(15-9-7-14(3)8-10-15)19-12-18(16)20(4,5)6;/h6-21,23-28H,1-5H3;7-9,11-13H,1-6H3;/q2*-1;/i5D3;3D3,13D;. The summed E-state index contributed by atoms with van der Waals surface area (Å²) in [5.41, 5.74) is 12.3. The van der Waals surface area contributed by atoms with Gasteiger partial charge in [-0.15, -0.1) is 53.1 Å². The van der Waals surface area contributed by atoms with Gasteiger partial charge in [0.15, 0.2) is 0 Å². The number of hydrogen-bond acceptors (Lipinski definition) is 3. The normalized spacial score (nSPS) is 13.9. The first kappa shape index (κ1) is 40.3. The predicted octanol–water partition coefficient (Wildman–Crippen LogP) is 17.4. The van der Waals surface area contributed by atoms with Gasteiger partial charge in [0.2, 0.25) is 0 Å². The molecular formula is C64H61IrN3OSi-2. The van der Waals surface area contributed by atoms with Crippen LogP contribution in [0.15, 0.2) is 156 Å². The third-order valence-corrected chi connectivity index (χ3v) is 15.3. The smallest absolute Gasteiger partial charge is 0.121 e. The van der Waals surface area contributed by atoms with E-state index in [4.69, 9.17) is 19.0 Å². The topological polar surface area (TPSA) is 43.9 Å². The van der Waals surface area contributed by atoms with Crippen molar-refractivity contribution in [2.24, 2.45) is 0 Å². The Morgan fingerprint density at radius 3 is 2.06 bits per heavy atom. The summed E-state index contributed by atoms with van der Waals surface area (Å²) in [5.74, 6) is 0.334. The molecule has 11 aromatic rings. The Morgan fingerprint density at radius 2 is 1.37 bits per heavy atom. The Labute approximate surface area is 438 Å². The Balaban J connectivity index is 0.000000244. The van der Waals surface area contributed by atoms with E-state index in [1.54, 1.807) is 18.2 Å². The largest absolute Gasteiger partial charge is 0.501 e. The number of furan rings is 1. The van der Waals surface area contributed by atoms with Crippen LogP contribution in [0.4, 0.5) is 0 Å². The van der Waals surface area contributed by atoms with Crippen molar-refractivity contribution in [3.63, 3.8) is 0 Å². The zero-order chi connectivity index (χ0) is 54.2. The summed E-state index contributed by atoms with van der Waals surface area (Å²) in [4.78, 5) is 9.84. The van der Waals surface area contributed by atoms with Gasteiger partial charge in [-0.2, -0.15) is 0 Å². The first-order valence-electron chi connectivity index (χ1n) is 27.4. The molecule has 3 aromatic heterocycles. The van der Waals surface area contributed by atoms with Crippen LogP contribution in [0, 0.1) is 25.8 Å². The van der Waals surface area contributed by atoms with Crippen LogP contribution in [0.25, 0.3) is 94.0 Å². The minimum absolute atomic E-state index is 0. The second-order valence-electron chi connectivity index (χ2n) is 20.0. The summed E-state index contributed by atoms with van der Waals surface area (Å²) in [7, 11) is -1.61. The van der Waals surface area contributed by atoms with E-state index < -0.39 is 27.7 Å². The number of benzene rings is 8. The number of pyridine rings is 1. The molecule has 0 saturated carbocycles. The maximum absolute atomic E-state index is 8.57. The number of aromatic nitrogens is 3. The molecule has 70 heavy (non-hydrogen) atoms. The van der Waals surface area contributed by atoms with E-state index in [1.807, 2.05) is 62.5 Å². The predicted molar refractivity (Wildman–Crippen MR) is 296 cm³/mol. The number of nitrogens with zero attached hydrogens (tertiary/aromatic N) is 3. The monoisotopic (exact) mass is 1120 g/mol. The van der Waals surface area contributed by atoms with Crippen molar-refractivity contribution in [2.75, 3.05) is 0 Å². The average Bonchev–Trinajstić information content (AvgIpc) is 3.97. The van der Waals surface area contributed by atoms with Crippen LogP contribution in [0.5, 0.6) is 0 Å². The fourth-order valence-corrected chi connectivity index (χ4v) is 11.3. The average molecular weight is 1120 g/mol. The quantitative estimate of drug-likeness (QED) is 0.0865. The Kier molecular flexibility index (Phi) is 11.2. The number of imidazole rings is 1. The molecule has 0 amide bonds. The molecule has 4 nitrogen and oxygen atoms in total. The second kappa shape index (κ2) is 19.4. The summed E-state index contributed by atoms with van der Waals surface area (Å²) in [6, 6.07) is 54.8. The molecule has 3 heterocycles. The zero-order valence-electron chi connectivity index (χ0n) is 48.2. The van der Waals surface area contributed by atoms with E-state index >= 15 is 0 Å². The molecule has 0 spiro atoms. The number of hydrogen-bond donors (Lipinski definition) is 0. The van der Waals surface area contributed by atoms with Gasteiger partial charge in [-0.1, -0.05) is 176 Å². The molecule has 0 saturated heterocycles. The van der Waals surface area contributed by atoms with Crippen LogP contribution in [0.1, 0.15) is 96.7 Å². The minimum Gasteiger partial charge on any atom is -0.501 e. The molecule has 11 rings (SSSR count). The van der Waals surface area contributed by atoms with Crippen molar-refractivity contribution in [2.45, 2.75) is 92.6 Å². The van der Waals surface area contributed by atoms with E-state index in [9.17, 15) is 0 Å². The van der Waals surface area contributed by atoms with Crippen LogP contribution in [-0.4, -0.2) is 22.6 Å². The molecule has 0 N–H and O–H groups in total. The van der Waals surface area contributed by atoms with Crippen LogP contribution < -0.4 is 5.19 Å². The summed E-state index contributed by atoms with van der Waals surface area (Å²) in [6.45, 7) is 14.9. The molecule has 0 unspecified atom stereocenters. The van der Waals surface area contributed by atoms with Gasteiger partial charge in [-0.25, -0.2) is 0 Å². The molecule has 8 aromatic carbocycles. The van der Waals surface area contributed by atoms with Gasteiger partial charge in [-0.3, -0.25) is 4.98 Å². The van der Waals surface area contributed by atoms with Crippen molar-refractivity contribution < 1.29 is 34.1 Å². The van der Waals surface area contributed by atoms with Gasteiger partial charge in [0.05, 0.1) is 30.5 Å². The van der Waals surface area contributed by atoms with Gasteiger partial charge in [-0.05, 0) is 109 Å². The van der Waals surface area contributed by atoms with Crippen LogP contribution >= 0.6 is 0 Å². The first-order chi connectivity index (χ1) is 35.9. The molecule has 0 bridgehead atoms. The van der Waals surface area contributed by atoms with Crippen molar-refractivity contribution >= 4 is 67.8 Å².